The molecule has 1 aliphatic rings. The molecule has 52 valence electrons. The Morgan fingerprint density at radius 1 is 1.50 bits per heavy atom. The largest absolute Gasteiger partial charge is 0.364 e. The van der Waals surface area contributed by atoms with Crippen LogP contribution < -0.4 is 0 Å². The van der Waals surface area contributed by atoms with Crippen molar-refractivity contribution in [1.29, 1.82) is 0 Å². The first kappa shape index (κ1) is 5.71. The van der Waals surface area contributed by atoms with Crippen LogP contribution in [0.15, 0.2) is 6.20 Å². The number of carbonyl (C=O) groups excluding carboxylic acids is 1. The molecule has 2 nitrogen and oxygen atoms in total. The van der Waals surface area contributed by atoms with Gasteiger partial charge in [-0.2, -0.15) is 0 Å². The highest BCUT2D eigenvalue weighted by Crippen LogP contribution is 2.22. The van der Waals surface area contributed by atoms with Gasteiger partial charge in [0.2, 0.25) is 0 Å². The fourth-order valence-electron chi connectivity index (χ4n) is 1.58. The fraction of sp³-hybridized carbons (Fsp3) is 0.375. The van der Waals surface area contributed by atoms with Crippen LogP contribution in [0.25, 0.3) is 0 Å². The number of aromatic nitrogens is 1. The van der Waals surface area contributed by atoms with Crippen LogP contribution in [0.5, 0.6) is 0 Å². The third kappa shape index (κ3) is 0.618. The number of H-pyrrole nitrogens is 1. The Labute approximate surface area is 59.3 Å². The summed E-state index contributed by atoms with van der Waals surface area (Å²) in [5.74, 6) is 0. The zero-order valence-electron chi connectivity index (χ0n) is 5.68. The Morgan fingerprint density at radius 2 is 2.40 bits per heavy atom. The molecule has 0 bridgehead atoms. The fourth-order valence-corrected chi connectivity index (χ4v) is 1.58. The highest BCUT2D eigenvalue weighted by atomic mass is 16.1. The van der Waals surface area contributed by atoms with Gasteiger partial charge in [-0.25, -0.2) is 0 Å². The van der Waals surface area contributed by atoms with Gasteiger partial charge in [-0.15, -0.1) is 0 Å². The molecule has 0 radical (unpaired) electrons. The highest BCUT2D eigenvalue weighted by Gasteiger charge is 2.15. The zero-order valence-corrected chi connectivity index (χ0v) is 5.68. The first-order valence-corrected chi connectivity index (χ1v) is 3.56. The molecule has 1 aromatic rings. The number of aryl methyl sites for hydroxylation is 1. The van der Waals surface area contributed by atoms with Gasteiger partial charge in [0.15, 0.2) is 6.29 Å². The number of hydrogen-bond donors (Lipinski definition) is 1. The van der Waals surface area contributed by atoms with Crippen molar-refractivity contribution in [2.45, 2.75) is 19.3 Å². The quantitative estimate of drug-likeness (QED) is 0.579. The minimum absolute atomic E-state index is 0.854. The number of hydrogen-bond acceptors (Lipinski definition) is 1. The van der Waals surface area contributed by atoms with Crippen molar-refractivity contribution >= 4 is 6.29 Å². The van der Waals surface area contributed by atoms with E-state index in [2.05, 4.69) is 4.98 Å². The minimum Gasteiger partial charge on any atom is -0.364 e. The van der Waals surface area contributed by atoms with E-state index in [1.165, 1.54) is 17.7 Å². The van der Waals surface area contributed by atoms with E-state index in [0.29, 0.717) is 0 Å². The van der Waals surface area contributed by atoms with E-state index in [1.54, 1.807) is 6.20 Å². The average Bonchev–Trinajstić information content (AvgIpc) is 2.44. The van der Waals surface area contributed by atoms with Crippen LogP contribution in [0.1, 0.15) is 28.0 Å². The monoisotopic (exact) mass is 135 g/mol. The molecule has 1 heterocycles. The summed E-state index contributed by atoms with van der Waals surface area (Å²) in [4.78, 5) is 13.5. The maximum atomic E-state index is 10.4. The Hall–Kier alpha value is -1.05. The molecular formula is C8H9NO. The summed E-state index contributed by atoms with van der Waals surface area (Å²) in [6, 6.07) is 0. The lowest BCUT2D eigenvalue weighted by atomic mass is 10.2. The Kier molecular flexibility index (Phi) is 1.13. The maximum Gasteiger partial charge on any atom is 0.151 e. The summed E-state index contributed by atoms with van der Waals surface area (Å²) in [6.07, 6.45) is 6.12. The number of aromatic amines is 1. The molecule has 0 saturated carbocycles. The lowest BCUT2D eigenvalue weighted by molar-refractivity contribution is 0.112. The molecule has 0 spiro atoms. The normalized spacial score (nSPS) is 15.2. The maximum absolute atomic E-state index is 10.4. The molecule has 0 fully saturated rings. The van der Waals surface area contributed by atoms with E-state index in [-0.39, 0.29) is 0 Å². The van der Waals surface area contributed by atoms with Gasteiger partial charge in [-0.1, -0.05) is 0 Å². The summed E-state index contributed by atoms with van der Waals surface area (Å²) in [6.45, 7) is 0. The summed E-state index contributed by atoms with van der Waals surface area (Å²) < 4.78 is 0. The molecular weight excluding hydrogens is 126 g/mol. The predicted molar refractivity (Wildman–Crippen MR) is 38.2 cm³/mol. The first-order valence-electron chi connectivity index (χ1n) is 3.56. The number of nitrogens with one attached hydrogen (secondary N) is 1. The lowest BCUT2D eigenvalue weighted by Gasteiger charge is -1.86. The zero-order chi connectivity index (χ0) is 6.97. The van der Waals surface area contributed by atoms with Gasteiger partial charge in [0.05, 0.1) is 0 Å². The van der Waals surface area contributed by atoms with Gasteiger partial charge < -0.3 is 4.98 Å². The van der Waals surface area contributed by atoms with E-state index < -0.39 is 0 Å². The van der Waals surface area contributed by atoms with Crippen molar-refractivity contribution in [3.05, 3.63) is 23.0 Å². The first-order chi connectivity index (χ1) is 4.92. The average molecular weight is 135 g/mol. The minimum atomic E-state index is 0.854. The van der Waals surface area contributed by atoms with Gasteiger partial charge >= 0.3 is 0 Å². The Bertz CT molecular complexity index is 262. The van der Waals surface area contributed by atoms with Gasteiger partial charge in [0, 0.05) is 17.5 Å². The van der Waals surface area contributed by atoms with Crippen molar-refractivity contribution in [3.8, 4) is 0 Å². The van der Waals surface area contributed by atoms with Crippen LogP contribution in [-0.2, 0) is 12.8 Å². The van der Waals surface area contributed by atoms with Crippen LogP contribution in [0.2, 0.25) is 0 Å². The molecule has 1 aromatic heterocycles. The Morgan fingerprint density at radius 3 is 3.20 bits per heavy atom. The second-order valence-electron chi connectivity index (χ2n) is 2.67. The number of rotatable bonds is 1. The molecule has 1 aliphatic carbocycles. The number of carbonyl (C=O) groups is 1. The van der Waals surface area contributed by atoms with Crippen molar-refractivity contribution < 1.29 is 4.79 Å². The molecule has 0 aliphatic heterocycles. The van der Waals surface area contributed by atoms with Gasteiger partial charge in [-0.3, -0.25) is 4.79 Å². The van der Waals surface area contributed by atoms with Gasteiger partial charge in [0.25, 0.3) is 0 Å². The Balaban J connectivity index is 2.53. The smallest absolute Gasteiger partial charge is 0.151 e. The van der Waals surface area contributed by atoms with Crippen LogP contribution in [0.4, 0.5) is 0 Å². The summed E-state index contributed by atoms with van der Waals surface area (Å²) in [5.41, 5.74) is 3.37. The number of aldehydes is 1. The van der Waals surface area contributed by atoms with Crippen LogP contribution in [-0.4, -0.2) is 11.3 Å². The molecule has 0 aromatic carbocycles. The van der Waals surface area contributed by atoms with Crippen LogP contribution >= 0.6 is 0 Å². The molecule has 0 unspecified atom stereocenters. The SMILES string of the molecule is O=Cc1c[nH]c2c1CCC2. The van der Waals surface area contributed by atoms with Crippen molar-refractivity contribution in [2.24, 2.45) is 0 Å². The van der Waals surface area contributed by atoms with Crippen molar-refractivity contribution in [3.63, 3.8) is 0 Å². The standard InChI is InChI=1S/C8H9NO/c10-5-6-4-9-8-3-1-2-7(6)8/h4-5,9H,1-3H2. The van der Waals surface area contributed by atoms with E-state index >= 15 is 0 Å². The molecule has 2 heteroatoms. The van der Waals surface area contributed by atoms with Crippen molar-refractivity contribution in [1.82, 2.24) is 4.98 Å². The van der Waals surface area contributed by atoms with E-state index in [0.717, 1.165) is 24.7 Å². The van der Waals surface area contributed by atoms with Crippen LogP contribution in [0.3, 0.4) is 0 Å². The molecule has 0 atom stereocenters. The third-order valence-corrected chi connectivity index (χ3v) is 2.10. The highest BCUT2D eigenvalue weighted by molar-refractivity contribution is 5.77. The summed E-state index contributed by atoms with van der Waals surface area (Å²) >= 11 is 0. The third-order valence-electron chi connectivity index (χ3n) is 2.10. The molecule has 2 rings (SSSR count). The summed E-state index contributed by atoms with van der Waals surface area (Å²) in [7, 11) is 0. The molecule has 1 N–H and O–H groups in total. The number of fused-ring (bicyclic) bond motifs is 1. The van der Waals surface area contributed by atoms with E-state index in [4.69, 9.17) is 0 Å². The second kappa shape index (κ2) is 1.97. The molecule has 0 amide bonds. The van der Waals surface area contributed by atoms with Crippen molar-refractivity contribution in [2.75, 3.05) is 0 Å². The van der Waals surface area contributed by atoms with Gasteiger partial charge in [0.1, 0.15) is 0 Å². The van der Waals surface area contributed by atoms with E-state index in [9.17, 15) is 4.79 Å². The summed E-state index contributed by atoms with van der Waals surface area (Å²) in [5, 5.41) is 0. The lowest BCUT2D eigenvalue weighted by Crippen LogP contribution is -1.81. The van der Waals surface area contributed by atoms with E-state index in [1.807, 2.05) is 0 Å². The molecule has 10 heavy (non-hydrogen) atoms. The van der Waals surface area contributed by atoms with Gasteiger partial charge in [-0.05, 0) is 24.8 Å². The second-order valence-corrected chi connectivity index (χ2v) is 2.67. The van der Waals surface area contributed by atoms with Crippen LogP contribution in [0, 0.1) is 0 Å². The molecule has 0 saturated heterocycles. The predicted octanol–water partition coefficient (Wildman–Crippen LogP) is 1.32. The topological polar surface area (TPSA) is 32.9 Å².